The van der Waals surface area contributed by atoms with Crippen molar-refractivity contribution >= 4 is 6.29 Å². The van der Waals surface area contributed by atoms with Crippen LogP contribution in [0.4, 0.5) is 4.39 Å². The lowest BCUT2D eigenvalue weighted by atomic mass is 10.1. The van der Waals surface area contributed by atoms with Gasteiger partial charge in [0, 0.05) is 0 Å². The Labute approximate surface area is 109 Å². The van der Waals surface area contributed by atoms with Crippen LogP contribution in [0, 0.1) is 17.1 Å². The summed E-state index contributed by atoms with van der Waals surface area (Å²) in [7, 11) is 0. The van der Waals surface area contributed by atoms with Crippen molar-refractivity contribution in [1.82, 2.24) is 0 Å². The molecule has 0 saturated heterocycles. The van der Waals surface area contributed by atoms with Gasteiger partial charge in [0.1, 0.15) is 6.61 Å². The van der Waals surface area contributed by atoms with Crippen molar-refractivity contribution in [3.63, 3.8) is 0 Å². The zero-order valence-corrected chi connectivity index (χ0v) is 9.97. The maximum atomic E-state index is 13.5. The third-order valence-corrected chi connectivity index (χ3v) is 2.56. The molecule has 0 heterocycles. The Morgan fingerprint density at radius 2 is 2.05 bits per heavy atom. The number of carbonyl (C=O) groups excluding carboxylic acids is 1. The van der Waals surface area contributed by atoms with Crippen LogP contribution >= 0.6 is 0 Å². The van der Waals surface area contributed by atoms with E-state index in [0.717, 1.165) is 5.56 Å². The lowest BCUT2D eigenvalue weighted by molar-refractivity contribution is 0.111. The smallest absolute Gasteiger partial charge is 0.165 e. The summed E-state index contributed by atoms with van der Waals surface area (Å²) in [6.07, 6.45) is 0.546. The summed E-state index contributed by atoms with van der Waals surface area (Å²) >= 11 is 0. The first-order valence-corrected chi connectivity index (χ1v) is 5.60. The van der Waals surface area contributed by atoms with Crippen molar-refractivity contribution in [2.45, 2.75) is 6.61 Å². The Morgan fingerprint density at radius 3 is 2.79 bits per heavy atom. The van der Waals surface area contributed by atoms with E-state index >= 15 is 0 Å². The molecule has 3 nitrogen and oxygen atoms in total. The summed E-state index contributed by atoms with van der Waals surface area (Å²) in [5, 5.41) is 8.78. The van der Waals surface area contributed by atoms with Crippen LogP contribution in [0.15, 0.2) is 42.5 Å². The van der Waals surface area contributed by atoms with Crippen LogP contribution in [0.25, 0.3) is 0 Å². The van der Waals surface area contributed by atoms with Gasteiger partial charge in [-0.15, -0.1) is 0 Å². The molecule has 0 N–H and O–H groups in total. The third-order valence-electron chi connectivity index (χ3n) is 2.56. The molecule has 0 aliphatic carbocycles. The fourth-order valence-electron chi connectivity index (χ4n) is 1.66. The number of hydrogen-bond donors (Lipinski definition) is 0. The Kier molecular flexibility index (Phi) is 3.89. The summed E-state index contributed by atoms with van der Waals surface area (Å²) in [6.45, 7) is 0.0945. The lowest BCUT2D eigenvalue weighted by Crippen LogP contribution is -2.00. The molecular weight excluding hydrogens is 245 g/mol. The molecule has 0 saturated carbocycles. The van der Waals surface area contributed by atoms with Gasteiger partial charge >= 0.3 is 0 Å². The highest BCUT2D eigenvalue weighted by Gasteiger charge is 2.09. The predicted molar refractivity (Wildman–Crippen MR) is 67.3 cm³/mol. The van der Waals surface area contributed by atoms with Crippen molar-refractivity contribution in [2.24, 2.45) is 0 Å². The average molecular weight is 255 g/mol. The number of aldehydes is 1. The van der Waals surface area contributed by atoms with E-state index in [1.54, 1.807) is 24.3 Å². The molecule has 0 bridgehead atoms. The summed E-state index contributed by atoms with van der Waals surface area (Å²) in [5.41, 5.74) is 1.40. The maximum Gasteiger partial charge on any atom is 0.165 e. The highest BCUT2D eigenvalue weighted by molar-refractivity contribution is 5.79. The molecule has 0 atom stereocenters. The van der Waals surface area contributed by atoms with E-state index in [0.29, 0.717) is 11.8 Å². The van der Waals surface area contributed by atoms with Crippen LogP contribution in [0.1, 0.15) is 21.5 Å². The number of halogens is 1. The summed E-state index contributed by atoms with van der Waals surface area (Å²) < 4.78 is 18.9. The molecule has 94 valence electrons. The summed E-state index contributed by atoms with van der Waals surface area (Å²) in [5.74, 6) is -0.652. The molecule has 0 amide bonds. The Bertz CT molecular complexity index is 647. The fourth-order valence-corrected chi connectivity index (χ4v) is 1.66. The standard InChI is InChI=1S/C15H10FNO2/c16-14-6-2-5-13(9-18)15(14)19-10-12-4-1-3-11(7-12)8-17/h1-7,9H,10H2. The molecule has 4 heteroatoms. The van der Waals surface area contributed by atoms with Crippen LogP contribution in [-0.4, -0.2) is 6.29 Å². The number of benzene rings is 2. The largest absolute Gasteiger partial charge is 0.485 e. The molecule has 0 aromatic heterocycles. The monoisotopic (exact) mass is 255 g/mol. The van der Waals surface area contributed by atoms with Gasteiger partial charge in [0.15, 0.2) is 17.9 Å². The van der Waals surface area contributed by atoms with E-state index < -0.39 is 5.82 Å². The van der Waals surface area contributed by atoms with Gasteiger partial charge in [-0.05, 0) is 29.8 Å². The second kappa shape index (κ2) is 5.78. The van der Waals surface area contributed by atoms with Crippen LogP contribution in [0.2, 0.25) is 0 Å². The van der Waals surface area contributed by atoms with Crippen molar-refractivity contribution in [3.8, 4) is 11.8 Å². The van der Waals surface area contributed by atoms with Crippen molar-refractivity contribution < 1.29 is 13.9 Å². The van der Waals surface area contributed by atoms with Gasteiger partial charge in [0.25, 0.3) is 0 Å². The predicted octanol–water partition coefficient (Wildman–Crippen LogP) is 3.09. The minimum Gasteiger partial charge on any atom is -0.485 e. The average Bonchev–Trinajstić information content (AvgIpc) is 2.46. The van der Waals surface area contributed by atoms with Crippen LogP contribution in [-0.2, 0) is 6.61 Å². The van der Waals surface area contributed by atoms with Crippen molar-refractivity contribution in [3.05, 3.63) is 65.0 Å². The number of nitrogens with zero attached hydrogens (tertiary/aromatic N) is 1. The number of nitriles is 1. The van der Waals surface area contributed by atoms with E-state index in [2.05, 4.69) is 0 Å². The van der Waals surface area contributed by atoms with Crippen LogP contribution < -0.4 is 4.74 Å². The second-order valence-corrected chi connectivity index (χ2v) is 3.88. The SMILES string of the molecule is N#Cc1cccc(COc2c(F)cccc2C=O)c1. The number of rotatable bonds is 4. The minimum atomic E-state index is -0.582. The molecule has 0 spiro atoms. The number of carbonyl (C=O) groups is 1. The normalized spacial score (nSPS) is 9.68. The number of hydrogen-bond acceptors (Lipinski definition) is 3. The number of ether oxygens (including phenoxy) is 1. The molecule has 19 heavy (non-hydrogen) atoms. The molecule has 2 aromatic carbocycles. The third kappa shape index (κ3) is 2.96. The second-order valence-electron chi connectivity index (χ2n) is 3.88. The van der Waals surface area contributed by atoms with Gasteiger partial charge in [-0.2, -0.15) is 5.26 Å². The van der Waals surface area contributed by atoms with E-state index in [1.807, 2.05) is 6.07 Å². The highest BCUT2D eigenvalue weighted by atomic mass is 19.1. The van der Waals surface area contributed by atoms with Crippen LogP contribution in [0.5, 0.6) is 5.75 Å². The Morgan fingerprint density at radius 1 is 1.26 bits per heavy atom. The first-order chi connectivity index (χ1) is 9.24. The molecule has 0 aliphatic heterocycles. The molecular formula is C15H10FNO2. The van der Waals surface area contributed by atoms with Gasteiger partial charge in [-0.1, -0.05) is 18.2 Å². The minimum absolute atomic E-state index is 0.0696. The molecule has 0 aliphatic rings. The van der Waals surface area contributed by atoms with Gasteiger partial charge < -0.3 is 4.74 Å². The van der Waals surface area contributed by atoms with Gasteiger partial charge in [0.05, 0.1) is 17.2 Å². The first kappa shape index (κ1) is 12.8. The fraction of sp³-hybridized carbons (Fsp3) is 0.0667. The highest BCUT2D eigenvalue weighted by Crippen LogP contribution is 2.22. The Balaban J connectivity index is 2.19. The van der Waals surface area contributed by atoms with E-state index in [-0.39, 0.29) is 17.9 Å². The maximum absolute atomic E-state index is 13.5. The lowest BCUT2D eigenvalue weighted by Gasteiger charge is -2.09. The summed E-state index contributed by atoms with van der Waals surface area (Å²) in [6, 6.07) is 13.0. The van der Waals surface area contributed by atoms with Crippen molar-refractivity contribution in [2.75, 3.05) is 0 Å². The molecule has 0 unspecified atom stereocenters. The molecule has 0 radical (unpaired) electrons. The van der Waals surface area contributed by atoms with E-state index in [4.69, 9.17) is 10.00 Å². The molecule has 2 rings (SSSR count). The topological polar surface area (TPSA) is 50.1 Å². The van der Waals surface area contributed by atoms with Gasteiger partial charge in [0.2, 0.25) is 0 Å². The molecule has 2 aromatic rings. The summed E-state index contributed by atoms with van der Waals surface area (Å²) in [4.78, 5) is 10.8. The van der Waals surface area contributed by atoms with Crippen molar-refractivity contribution in [1.29, 1.82) is 5.26 Å². The van der Waals surface area contributed by atoms with E-state index in [9.17, 15) is 9.18 Å². The zero-order chi connectivity index (χ0) is 13.7. The first-order valence-electron chi connectivity index (χ1n) is 5.60. The van der Waals surface area contributed by atoms with Crippen LogP contribution in [0.3, 0.4) is 0 Å². The number of para-hydroxylation sites is 1. The zero-order valence-electron chi connectivity index (χ0n) is 9.97. The quantitative estimate of drug-likeness (QED) is 0.789. The molecule has 0 fully saturated rings. The van der Waals surface area contributed by atoms with E-state index in [1.165, 1.54) is 18.2 Å². The van der Waals surface area contributed by atoms with Gasteiger partial charge in [-0.25, -0.2) is 4.39 Å². The van der Waals surface area contributed by atoms with Gasteiger partial charge in [-0.3, -0.25) is 4.79 Å². The Hall–Kier alpha value is -2.67.